The van der Waals surface area contributed by atoms with Gasteiger partial charge in [-0.2, -0.15) is 0 Å². The number of benzene rings is 2. The zero-order valence-electron chi connectivity index (χ0n) is 10.2. The molecular formula is C12H7F2N3O4. The number of nitro benzene ring substituents is 2. The molecule has 0 atom stereocenters. The van der Waals surface area contributed by atoms with E-state index in [1.165, 1.54) is 0 Å². The Bertz CT molecular complexity index is 675. The third kappa shape index (κ3) is 3.08. The van der Waals surface area contributed by atoms with E-state index in [1.54, 1.807) is 0 Å². The van der Waals surface area contributed by atoms with Crippen LogP contribution in [0.3, 0.4) is 0 Å². The van der Waals surface area contributed by atoms with Crippen molar-refractivity contribution in [2.24, 2.45) is 0 Å². The van der Waals surface area contributed by atoms with Crippen LogP contribution in [0.2, 0.25) is 0 Å². The second-order valence-corrected chi connectivity index (χ2v) is 3.96. The van der Waals surface area contributed by atoms with Crippen molar-refractivity contribution in [3.63, 3.8) is 0 Å². The van der Waals surface area contributed by atoms with Gasteiger partial charge in [0.2, 0.25) is 0 Å². The van der Waals surface area contributed by atoms with E-state index >= 15 is 0 Å². The van der Waals surface area contributed by atoms with Gasteiger partial charge >= 0.3 is 0 Å². The second kappa shape index (κ2) is 5.49. The van der Waals surface area contributed by atoms with Gasteiger partial charge in [-0.05, 0) is 24.3 Å². The number of hydrogen-bond donors (Lipinski definition) is 1. The molecule has 0 spiro atoms. The number of anilines is 2. The third-order valence-electron chi connectivity index (χ3n) is 2.58. The Labute approximate surface area is 116 Å². The van der Waals surface area contributed by atoms with Crippen LogP contribution in [0.4, 0.5) is 31.5 Å². The number of halogens is 2. The van der Waals surface area contributed by atoms with Gasteiger partial charge in [-0.3, -0.25) is 20.2 Å². The average Bonchev–Trinajstić information content (AvgIpc) is 2.42. The smallest absolute Gasteiger partial charge is 0.295 e. The fourth-order valence-corrected chi connectivity index (χ4v) is 1.67. The quantitative estimate of drug-likeness (QED) is 0.687. The molecule has 2 aromatic rings. The summed E-state index contributed by atoms with van der Waals surface area (Å²) in [6.07, 6.45) is 0. The van der Waals surface area contributed by atoms with Crippen LogP contribution in [-0.4, -0.2) is 9.85 Å². The molecule has 0 aliphatic heterocycles. The molecule has 0 radical (unpaired) electrons. The molecule has 0 unspecified atom stereocenters. The Morgan fingerprint density at radius 2 is 1.19 bits per heavy atom. The van der Waals surface area contributed by atoms with Crippen molar-refractivity contribution in [1.82, 2.24) is 0 Å². The summed E-state index contributed by atoms with van der Waals surface area (Å²) < 4.78 is 26.0. The summed E-state index contributed by atoms with van der Waals surface area (Å²) >= 11 is 0. The lowest BCUT2D eigenvalue weighted by atomic mass is 10.2. The van der Waals surface area contributed by atoms with E-state index in [-0.39, 0.29) is 11.4 Å². The van der Waals surface area contributed by atoms with Crippen LogP contribution < -0.4 is 5.32 Å². The maximum atomic E-state index is 13.0. The summed E-state index contributed by atoms with van der Waals surface area (Å²) in [5.74, 6) is -1.64. The van der Waals surface area contributed by atoms with Gasteiger partial charge in [0.05, 0.1) is 22.0 Å². The number of nitro groups is 2. The average molecular weight is 295 g/mol. The first-order valence-corrected chi connectivity index (χ1v) is 5.53. The van der Waals surface area contributed by atoms with E-state index < -0.39 is 32.9 Å². The first kappa shape index (κ1) is 14.3. The van der Waals surface area contributed by atoms with E-state index in [0.29, 0.717) is 12.1 Å². The van der Waals surface area contributed by atoms with Crippen LogP contribution in [0, 0.1) is 31.9 Å². The molecule has 2 rings (SSSR count). The van der Waals surface area contributed by atoms with E-state index in [0.717, 1.165) is 24.3 Å². The highest BCUT2D eigenvalue weighted by Gasteiger charge is 2.20. The van der Waals surface area contributed by atoms with Crippen LogP contribution in [0.25, 0.3) is 0 Å². The SMILES string of the molecule is O=[N+]([O-])c1cc(F)ccc1Nc1ccc(F)cc1[N+](=O)[O-]. The van der Waals surface area contributed by atoms with Crippen LogP contribution in [-0.2, 0) is 0 Å². The topological polar surface area (TPSA) is 98.3 Å². The van der Waals surface area contributed by atoms with Crippen LogP contribution in [0.15, 0.2) is 36.4 Å². The minimum atomic E-state index is -0.833. The molecule has 0 bridgehead atoms. The molecule has 0 saturated carbocycles. The van der Waals surface area contributed by atoms with E-state index in [1.807, 2.05) is 0 Å². The first-order chi connectivity index (χ1) is 9.88. The molecule has 9 heteroatoms. The molecule has 0 aromatic heterocycles. The standard InChI is InChI=1S/C12H7F2N3O4/c13-7-1-3-9(11(5-7)16(18)19)15-10-4-2-8(14)6-12(10)17(20)21/h1-6,15H. The van der Waals surface area contributed by atoms with Crippen LogP contribution in [0.5, 0.6) is 0 Å². The van der Waals surface area contributed by atoms with Gasteiger partial charge in [0.1, 0.15) is 23.0 Å². The zero-order valence-corrected chi connectivity index (χ0v) is 10.2. The lowest BCUT2D eigenvalue weighted by Gasteiger charge is -2.07. The van der Waals surface area contributed by atoms with Gasteiger partial charge in [0.25, 0.3) is 11.4 Å². The second-order valence-electron chi connectivity index (χ2n) is 3.96. The van der Waals surface area contributed by atoms with Crippen molar-refractivity contribution in [3.8, 4) is 0 Å². The molecule has 21 heavy (non-hydrogen) atoms. The monoisotopic (exact) mass is 295 g/mol. The molecule has 0 aliphatic rings. The van der Waals surface area contributed by atoms with Crippen molar-refractivity contribution in [2.45, 2.75) is 0 Å². The number of nitrogens with one attached hydrogen (secondary N) is 1. The molecule has 0 fully saturated rings. The summed E-state index contributed by atoms with van der Waals surface area (Å²) in [7, 11) is 0. The number of nitrogens with zero attached hydrogens (tertiary/aromatic N) is 2. The fourth-order valence-electron chi connectivity index (χ4n) is 1.67. The number of rotatable bonds is 4. The summed E-state index contributed by atoms with van der Waals surface area (Å²) in [5, 5.41) is 24.1. The summed E-state index contributed by atoms with van der Waals surface area (Å²) in [6, 6.07) is 5.42. The Morgan fingerprint density at radius 3 is 1.52 bits per heavy atom. The predicted molar refractivity (Wildman–Crippen MR) is 69.4 cm³/mol. The molecule has 0 saturated heterocycles. The van der Waals surface area contributed by atoms with Gasteiger partial charge in [-0.1, -0.05) is 0 Å². The van der Waals surface area contributed by atoms with Gasteiger partial charge in [-0.15, -0.1) is 0 Å². The van der Waals surface area contributed by atoms with Crippen molar-refractivity contribution >= 4 is 22.7 Å². The van der Waals surface area contributed by atoms with E-state index in [9.17, 15) is 29.0 Å². The highest BCUT2D eigenvalue weighted by atomic mass is 19.1. The molecule has 1 N–H and O–H groups in total. The highest BCUT2D eigenvalue weighted by Crippen LogP contribution is 2.32. The maximum Gasteiger partial charge on any atom is 0.295 e. The van der Waals surface area contributed by atoms with E-state index in [2.05, 4.69) is 5.32 Å². The molecule has 0 amide bonds. The summed E-state index contributed by atoms with van der Waals surface area (Å²) in [5.41, 5.74) is -1.46. The molecule has 0 aliphatic carbocycles. The van der Waals surface area contributed by atoms with Gasteiger partial charge in [-0.25, -0.2) is 8.78 Å². The largest absolute Gasteiger partial charge is 0.344 e. The maximum absolute atomic E-state index is 13.0. The normalized spacial score (nSPS) is 10.2. The van der Waals surface area contributed by atoms with Crippen LogP contribution >= 0.6 is 0 Å². The Morgan fingerprint density at radius 1 is 0.810 bits per heavy atom. The summed E-state index contributed by atoms with van der Waals surface area (Å²) in [4.78, 5) is 20.0. The zero-order chi connectivity index (χ0) is 15.6. The minimum Gasteiger partial charge on any atom is -0.344 e. The van der Waals surface area contributed by atoms with Gasteiger partial charge in [0, 0.05) is 0 Å². The molecule has 7 nitrogen and oxygen atoms in total. The van der Waals surface area contributed by atoms with Crippen molar-refractivity contribution < 1.29 is 18.6 Å². The van der Waals surface area contributed by atoms with Crippen molar-refractivity contribution in [3.05, 3.63) is 68.3 Å². The van der Waals surface area contributed by atoms with Crippen molar-refractivity contribution in [1.29, 1.82) is 0 Å². The molecule has 2 aromatic carbocycles. The van der Waals surface area contributed by atoms with Gasteiger partial charge in [0.15, 0.2) is 0 Å². The summed E-state index contributed by atoms with van der Waals surface area (Å²) in [6.45, 7) is 0. The lowest BCUT2D eigenvalue weighted by Crippen LogP contribution is -2.01. The Kier molecular flexibility index (Phi) is 3.74. The Hall–Kier alpha value is -3.10. The molecule has 0 heterocycles. The fraction of sp³-hybridized carbons (Fsp3) is 0. The lowest BCUT2D eigenvalue weighted by molar-refractivity contribution is -0.384. The molecular weight excluding hydrogens is 288 g/mol. The first-order valence-electron chi connectivity index (χ1n) is 5.53. The third-order valence-corrected chi connectivity index (χ3v) is 2.58. The van der Waals surface area contributed by atoms with Gasteiger partial charge < -0.3 is 5.32 Å². The Balaban J connectivity index is 2.48. The molecule has 108 valence electrons. The highest BCUT2D eigenvalue weighted by molar-refractivity contribution is 5.74. The number of hydrogen-bond acceptors (Lipinski definition) is 5. The minimum absolute atomic E-state index is 0.142. The predicted octanol–water partition coefficient (Wildman–Crippen LogP) is 3.52. The van der Waals surface area contributed by atoms with Crippen molar-refractivity contribution in [2.75, 3.05) is 5.32 Å². The van der Waals surface area contributed by atoms with Crippen LogP contribution in [0.1, 0.15) is 0 Å². The van der Waals surface area contributed by atoms with E-state index in [4.69, 9.17) is 0 Å².